The Morgan fingerprint density at radius 2 is 2.26 bits per heavy atom. The van der Waals surface area contributed by atoms with E-state index in [1.54, 1.807) is 11.9 Å². The number of hydrogen-bond acceptors (Lipinski definition) is 7. The van der Waals surface area contributed by atoms with Gasteiger partial charge in [-0.1, -0.05) is 0 Å². The number of esters is 1. The topological polar surface area (TPSA) is 150 Å². The van der Waals surface area contributed by atoms with E-state index in [1.807, 2.05) is 0 Å². The maximum absolute atomic E-state index is 11.4. The van der Waals surface area contributed by atoms with E-state index in [0.717, 1.165) is 10.8 Å². The Balaban J connectivity index is 3.05. The summed E-state index contributed by atoms with van der Waals surface area (Å²) in [4.78, 5) is 45.2. The van der Waals surface area contributed by atoms with E-state index in [9.17, 15) is 24.5 Å². The van der Waals surface area contributed by atoms with Gasteiger partial charge in [-0.2, -0.15) is 0 Å². The fraction of sp³-hybridized carbons (Fsp3) is 0.444. The number of carbonyl (C=O) groups excluding carboxylic acids is 1. The summed E-state index contributed by atoms with van der Waals surface area (Å²) in [6.07, 6.45) is 0.736. The average molecular weight is 272 g/mol. The largest absolute Gasteiger partial charge is 0.465 e. The maximum atomic E-state index is 11.4. The predicted molar refractivity (Wildman–Crippen MR) is 62.6 cm³/mol. The van der Waals surface area contributed by atoms with Gasteiger partial charge in [0, 0.05) is 0 Å². The summed E-state index contributed by atoms with van der Waals surface area (Å²) in [6, 6.07) is -1.16. The lowest BCUT2D eigenvalue weighted by molar-refractivity contribution is -0.386. The number of nitro groups is 1. The molecular formula is C9H12N4O6. The summed E-state index contributed by atoms with van der Waals surface area (Å²) in [7, 11) is 0. The van der Waals surface area contributed by atoms with Crippen LogP contribution in [-0.2, 0) is 16.1 Å². The molecule has 1 unspecified atom stereocenters. The van der Waals surface area contributed by atoms with Crippen LogP contribution in [0.2, 0.25) is 0 Å². The zero-order valence-corrected chi connectivity index (χ0v) is 9.99. The molecule has 10 nitrogen and oxygen atoms in total. The number of aromatic nitrogens is 2. The molecule has 0 spiro atoms. The van der Waals surface area contributed by atoms with Crippen molar-refractivity contribution in [2.75, 3.05) is 6.61 Å². The molecule has 0 fully saturated rings. The van der Waals surface area contributed by atoms with Gasteiger partial charge in [0.1, 0.15) is 6.04 Å². The lowest BCUT2D eigenvalue weighted by Crippen LogP contribution is -2.41. The number of carbonyl (C=O) groups is 1. The van der Waals surface area contributed by atoms with Crippen molar-refractivity contribution in [1.29, 1.82) is 0 Å². The molecule has 0 saturated heterocycles. The van der Waals surface area contributed by atoms with Crippen LogP contribution in [-0.4, -0.2) is 33.1 Å². The lowest BCUT2D eigenvalue weighted by Gasteiger charge is -2.11. The van der Waals surface area contributed by atoms with Crippen LogP contribution in [0, 0.1) is 10.1 Å². The minimum absolute atomic E-state index is 0.118. The highest BCUT2D eigenvalue weighted by Gasteiger charge is 2.19. The van der Waals surface area contributed by atoms with Crippen LogP contribution in [0.1, 0.15) is 6.92 Å². The minimum atomic E-state index is -1.16. The van der Waals surface area contributed by atoms with Gasteiger partial charge in [-0.25, -0.2) is 4.79 Å². The molecule has 1 atom stereocenters. The van der Waals surface area contributed by atoms with E-state index in [2.05, 4.69) is 4.74 Å². The Morgan fingerprint density at radius 1 is 1.63 bits per heavy atom. The fourth-order valence-electron chi connectivity index (χ4n) is 1.30. The maximum Gasteiger partial charge on any atom is 0.350 e. The van der Waals surface area contributed by atoms with Crippen molar-refractivity contribution in [3.8, 4) is 0 Å². The number of aromatic amines is 1. The first-order valence-corrected chi connectivity index (χ1v) is 5.27. The van der Waals surface area contributed by atoms with E-state index in [-0.39, 0.29) is 13.2 Å². The van der Waals surface area contributed by atoms with Crippen LogP contribution in [0.4, 0.5) is 5.69 Å². The third-order valence-electron chi connectivity index (χ3n) is 2.17. The summed E-state index contributed by atoms with van der Waals surface area (Å²) in [5.41, 5.74) is 2.65. The van der Waals surface area contributed by atoms with Gasteiger partial charge in [-0.15, -0.1) is 0 Å². The van der Waals surface area contributed by atoms with E-state index in [1.165, 1.54) is 0 Å². The van der Waals surface area contributed by atoms with Gasteiger partial charge in [0.2, 0.25) is 0 Å². The highest BCUT2D eigenvalue weighted by Crippen LogP contribution is 2.00. The second-order valence-corrected chi connectivity index (χ2v) is 3.54. The molecule has 19 heavy (non-hydrogen) atoms. The van der Waals surface area contributed by atoms with Crippen LogP contribution in [0.25, 0.3) is 0 Å². The highest BCUT2D eigenvalue weighted by atomic mass is 16.6. The smallest absolute Gasteiger partial charge is 0.350 e. The summed E-state index contributed by atoms with van der Waals surface area (Å²) in [5.74, 6) is -0.747. The number of nitrogens with two attached hydrogens (primary N) is 1. The van der Waals surface area contributed by atoms with E-state index in [0.29, 0.717) is 0 Å². The Morgan fingerprint density at radius 3 is 2.79 bits per heavy atom. The molecule has 10 heteroatoms. The quantitative estimate of drug-likeness (QED) is 0.369. The molecule has 0 saturated carbocycles. The third-order valence-corrected chi connectivity index (χ3v) is 2.17. The third kappa shape index (κ3) is 3.48. The van der Waals surface area contributed by atoms with Gasteiger partial charge in [0.05, 0.1) is 24.3 Å². The Kier molecular flexibility index (Phi) is 4.53. The Hall–Kier alpha value is -2.49. The van der Waals surface area contributed by atoms with Crippen molar-refractivity contribution in [2.45, 2.75) is 19.5 Å². The normalized spacial score (nSPS) is 11.9. The fourth-order valence-corrected chi connectivity index (χ4v) is 1.30. The summed E-state index contributed by atoms with van der Waals surface area (Å²) in [6.45, 7) is 1.37. The van der Waals surface area contributed by atoms with E-state index >= 15 is 0 Å². The van der Waals surface area contributed by atoms with Crippen molar-refractivity contribution in [3.05, 3.63) is 37.1 Å². The molecule has 104 valence electrons. The molecule has 0 aliphatic rings. The highest BCUT2D eigenvalue weighted by molar-refractivity contribution is 5.75. The molecule has 1 aromatic rings. The number of H-pyrrole nitrogens is 1. The van der Waals surface area contributed by atoms with Gasteiger partial charge in [0.15, 0.2) is 0 Å². The van der Waals surface area contributed by atoms with Crippen molar-refractivity contribution in [3.63, 3.8) is 0 Å². The van der Waals surface area contributed by atoms with Crippen molar-refractivity contribution < 1.29 is 14.5 Å². The summed E-state index contributed by atoms with van der Waals surface area (Å²) in [5, 5.41) is 10.6. The molecule has 0 aliphatic carbocycles. The van der Waals surface area contributed by atoms with Gasteiger partial charge in [-0.3, -0.25) is 29.3 Å². The molecule has 1 rings (SSSR count). The molecule has 1 heterocycles. The first-order chi connectivity index (χ1) is 8.86. The second-order valence-electron chi connectivity index (χ2n) is 3.54. The second kappa shape index (κ2) is 5.91. The van der Waals surface area contributed by atoms with Crippen LogP contribution >= 0.6 is 0 Å². The van der Waals surface area contributed by atoms with Crippen molar-refractivity contribution in [2.24, 2.45) is 5.73 Å². The molecular weight excluding hydrogens is 260 g/mol. The van der Waals surface area contributed by atoms with Crippen molar-refractivity contribution >= 4 is 11.7 Å². The summed E-state index contributed by atoms with van der Waals surface area (Å²) < 4.78 is 5.41. The number of nitrogens with zero attached hydrogens (tertiary/aromatic N) is 2. The van der Waals surface area contributed by atoms with E-state index < -0.39 is 33.9 Å². The number of hydrogen-bond donors (Lipinski definition) is 2. The Labute approximate surface area is 105 Å². The van der Waals surface area contributed by atoms with Crippen LogP contribution in [0.5, 0.6) is 0 Å². The molecule has 0 amide bonds. The zero-order valence-electron chi connectivity index (χ0n) is 9.99. The number of rotatable bonds is 5. The lowest BCUT2D eigenvalue weighted by atomic mass is 10.3. The van der Waals surface area contributed by atoms with Crippen LogP contribution < -0.4 is 17.0 Å². The summed E-state index contributed by atoms with van der Waals surface area (Å²) >= 11 is 0. The molecule has 3 N–H and O–H groups in total. The standard InChI is InChI=1S/C9H12N4O6/c1-2-19-8(15)5(10)3-12-4-6(13(17)18)7(14)11-9(12)16/h4-5H,2-3,10H2,1H3,(H,11,14,16). The molecule has 0 radical (unpaired) electrons. The van der Waals surface area contributed by atoms with Crippen LogP contribution in [0.3, 0.4) is 0 Å². The van der Waals surface area contributed by atoms with Gasteiger partial charge < -0.3 is 10.5 Å². The van der Waals surface area contributed by atoms with Crippen molar-refractivity contribution in [1.82, 2.24) is 9.55 Å². The zero-order chi connectivity index (χ0) is 14.6. The van der Waals surface area contributed by atoms with Crippen LogP contribution in [0.15, 0.2) is 15.8 Å². The number of ether oxygens (including phenoxy) is 1. The predicted octanol–water partition coefficient (Wildman–Crippen LogP) is -1.66. The molecule has 0 bridgehead atoms. The average Bonchev–Trinajstić information content (AvgIpc) is 2.32. The van der Waals surface area contributed by atoms with Gasteiger partial charge in [-0.05, 0) is 6.92 Å². The first kappa shape index (κ1) is 14.6. The number of nitrogens with one attached hydrogen (secondary N) is 1. The van der Waals surface area contributed by atoms with Gasteiger partial charge in [0.25, 0.3) is 0 Å². The molecule has 0 aromatic carbocycles. The molecule has 1 aromatic heterocycles. The monoisotopic (exact) mass is 272 g/mol. The molecule has 0 aliphatic heterocycles. The SMILES string of the molecule is CCOC(=O)C(N)Cn1cc([N+](=O)[O-])c(=O)[nH]c1=O. The first-order valence-electron chi connectivity index (χ1n) is 5.27. The minimum Gasteiger partial charge on any atom is -0.465 e. The Bertz CT molecular complexity index is 603. The van der Waals surface area contributed by atoms with Gasteiger partial charge >= 0.3 is 22.9 Å². The van der Waals surface area contributed by atoms with E-state index in [4.69, 9.17) is 5.73 Å².